The minimum absolute atomic E-state index is 0.107. The molecule has 0 aliphatic carbocycles. The maximum absolute atomic E-state index is 11.7. The van der Waals surface area contributed by atoms with Crippen LogP contribution in [0.4, 0.5) is 0 Å². The summed E-state index contributed by atoms with van der Waals surface area (Å²) < 4.78 is 1.74. The van der Waals surface area contributed by atoms with Crippen LogP contribution in [-0.2, 0) is 0 Å². The zero-order valence-corrected chi connectivity index (χ0v) is 9.92. The molecule has 2 N–H and O–H groups in total. The lowest BCUT2D eigenvalue weighted by Gasteiger charge is -2.12. The SMILES string of the molecule is Cc1cc(=O)c(C(C)N)nn1-c1ccccc1. The van der Waals surface area contributed by atoms with Crippen LogP contribution in [-0.4, -0.2) is 9.78 Å². The molecule has 1 aromatic heterocycles. The minimum atomic E-state index is -0.363. The summed E-state index contributed by atoms with van der Waals surface area (Å²) in [5, 5.41) is 4.32. The molecule has 88 valence electrons. The van der Waals surface area contributed by atoms with Crippen LogP contribution in [0.5, 0.6) is 0 Å². The Hall–Kier alpha value is -1.94. The number of rotatable bonds is 2. The first-order valence-corrected chi connectivity index (χ1v) is 5.51. The van der Waals surface area contributed by atoms with Gasteiger partial charge in [0.2, 0.25) is 5.43 Å². The van der Waals surface area contributed by atoms with Crippen LogP contribution in [0.1, 0.15) is 24.4 Å². The summed E-state index contributed by atoms with van der Waals surface area (Å²) in [5.74, 6) is 0. The molecule has 0 saturated carbocycles. The molecule has 4 nitrogen and oxygen atoms in total. The van der Waals surface area contributed by atoms with Gasteiger partial charge in [-0.2, -0.15) is 5.10 Å². The summed E-state index contributed by atoms with van der Waals surface area (Å²) in [6, 6.07) is 10.9. The maximum atomic E-state index is 11.7. The van der Waals surface area contributed by atoms with E-state index in [0.29, 0.717) is 5.69 Å². The van der Waals surface area contributed by atoms with Gasteiger partial charge >= 0.3 is 0 Å². The third-order valence-corrected chi connectivity index (χ3v) is 2.57. The average molecular weight is 229 g/mol. The van der Waals surface area contributed by atoms with Gasteiger partial charge in [0.1, 0.15) is 5.69 Å². The Kier molecular flexibility index (Phi) is 3.06. The highest BCUT2D eigenvalue weighted by Gasteiger charge is 2.10. The monoisotopic (exact) mass is 229 g/mol. The summed E-state index contributed by atoms with van der Waals surface area (Å²) >= 11 is 0. The van der Waals surface area contributed by atoms with Gasteiger partial charge in [-0.15, -0.1) is 0 Å². The zero-order valence-electron chi connectivity index (χ0n) is 9.92. The second-order valence-corrected chi connectivity index (χ2v) is 4.07. The van der Waals surface area contributed by atoms with Gasteiger partial charge in [0.15, 0.2) is 0 Å². The molecule has 1 heterocycles. The predicted molar refractivity (Wildman–Crippen MR) is 67.2 cm³/mol. The van der Waals surface area contributed by atoms with Crippen molar-refractivity contribution in [1.29, 1.82) is 0 Å². The summed E-state index contributed by atoms with van der Waals surface area (Å²) in [6.45, 7) is 3.61. The normalized spacial score (nSPS) is 12.4. The second-order valence-electron chi connectivity index (χ2n) is 4.07. The Balaban J connectivity index is 2.63. The Morgan fingerprint density at radius 1 is 1.29 bits per heavy atom. The number of hydrogen-bond acceptors (Lipinski definition) is 3. The highest BCUT2D eigenvalue weighted by atomic mass is 16.1. The van der Waals surface area contributed by atoms with E-state index >= 15 is 0 Å². The molecule has 2 rings (SSSR count). The van der Waals surface area contributed by atoms with Crippen LogP contribution in [0, 0.1) is 6.92 Å². The zero-order chi connectivity index (χ0) is 12.4. The number of hydrogen-bond donors (Lipinski definition) is 1. The summed E-state index contributed by atoms with van der Waals surface area (Å²) in [4.78, 5) is 11.7. The van der Waals surface area contributed by atoms with E-state index in [2.05, 4.69) is 5.10 Å². The van der Waals surface area contributed by atoms with Gasteiger partial charge in [0, 0.05) is 17.8 Å². The summed E-state index contributed by atoms with van der Waals surface area (Å²) in [6.07, 6.45) is 0. The van der Waals surface area contributed by atoms with Crippen LogP contribution in [0.25, 0.3) is 5.69 Å². The van der Waals surface area contributed by atoms with Crippen LogP contribution in [0.2, 0.25) is 0 Å². The lowest BCUT2D eigenvalue weighted by Crippen LogP contribution is -2.24. The van der Waals surface area contributed by atoms with Gasteiger partial charge in [0.05, 0.1) is 5.69 Å². The topological polar surface area (TPSA) is 60.9 Å². The Morgan fingerprint density at radius 2 is 1.94 bits per heavy atom. The highest BCUT2D eigenvalue weighted by Crippen LogP contribution is 2.09. The van der Waals surface area contributed by atoms with Crippen molar-refractivity contribution in [1.82, 2.24) is 9.78 Å². The van der Waals surface area contributed by atoms with Crippen molar-refractivity contribution >= 4 is 0 Å². The molecular formula is C13H15N3O. The molecule has 4 heteroatoms. The third-order valence-electron chi connectivity index (χ3n) is 2.57. The fourth-order valence-corrected chi connectivity index (χ4v) is 1.71. The Bertz CT molecular complexity index is 573. The standard InChI is InChI=1S/C13H15N3O/c1-9-8-12(17)13(10(2)14)15-16(9)11-6-4-3-5-7-11/h3-8,10H,14H2,1-2H3. The molecule has 0 saturated heterocycles. The van der Waals surface area contributed by atoms with E-state index in [1.165, 1.54) is 0 Å². The van der Waals surface area contributed by atoms with Crippen molar-refractivity contribution < 1.29 is 0 Å². The summed E-state index contributed by atoms with van der Waals surface area (Å²) in [7, 11) is 0. The third kappa shape index (κ3) is 2.26. The molecule has 0 radical (unpaired) electrons. The molecule has 0 aliphatic rings. The maximum Gasteiger partial charge on any atom is 0.205 e. The smallest absolute Gasteiger partial charge is 0.205 e. The molecule has 2 aromatic rings. The van der Waals surface area contributed by atoms with Crippen molar-refractivity contribution in [2.45, 2.75) is 19.9 Å². The molecular weight excluding hydrogens is 214 g/mol. The van der Waals surface area contributed by atoms with E-state index in [1.54, 1.807) is 17.7 Å². The molecule has 0 fully saturated rings. The van der Waals surface area contributed by atoms with Crippen molar-refractivity contribution in [3.8, 4) is 5.69 Å². The average Bonchev–Trinajstić information content (AvgIpc) is 2.29. The number of nitrogens with zero attached hydrogens (tertiary/aromatic N) is 2. The van der Waals surface area contributed by atoms with Gasteiger partial charge in [-0.3, -0.25) is 4.79 Å². The van der Waals surface area contributed by atoms with E-state index in [1.807, 2.05) is 37.3 Å². The molecule has 0 aliphatic heterocycles. The Morgan fingerprint density at radius 3 is 2.53 bits per heavy atom. The van der Waals surface area contributed by atoms with Crippen LogP contribution >= 0.6 is 0 Å². The first-order valence-electron chi connectivity index (χ1n) is 5.51. The Labute approximate surface area is 99.7 Å². The van der Waals surface area contributed by atoms with Crippen molar-refractivity contribution in [3.05, 3.63) is 58.0 Å². The van der Waals surface area contributed by atoms with Gasteiger partial charge in [-0.05, 0) is 26.0 Å². The molecule has 17 heavy (non-hydrogen) atoms. The first kappa shape index (κ1) is 11.5. The van der Waals surface area contributed by atoms with Gasteiger partial charge < -0.3 is 5.73 Å². The van der Waals surface area contributed by atoms with Gasteiger partial charge in [0.25, 0.3) is 0 Å². The van der Waals surface area contributed by atoms with Crippen LogP contribution < -0.4 is 11.2 Å². The van der Waals surface area contributed by atoms with E-state index < -0.39 is 0 Å². The largest absolute Gasteiger partial charge is 0.323 e. The quantitative estimate of drug-likeness (QED) is 0.850. The number of aryl methyl sites for hydroxylation is 1. The van der Waals surface area contributed by atoms with Crippen LogP contribution in [0.3, 0.4) is 0 Å². The van der Waals surface area contributed by atoms with Crippen molar-refractivity contribution in [3.63, 3.8) is 0 Å². The van der Waals surface area contributed by atoms with E-state index in [-0.39, 0.29) is 11.5 Å². The first-order chi connectivity index (χ1) is 8.09. The number of para-hydroxylation sites is 1. The molecule has 1 aromatic carbocycles. The molecule has 0 bridgehead atoms. The molecule has 1 atom stereocenters. The van der Waals surface area contributed by atoms with Crippen molar-refractivity contribution in [2.24, 2.45) is 5.73 Å². The van der Waals surface area contributed by atoms with E-state index in [4.69, 9.17) is 5.73 Å². The number of aromatic nitrogens is 2. The molecule has 1 unspecified atom stereocenters. The predicted octanol–water partition coefficient (Wildman–Crippen LogP) is 1.56. The lowest BCUT2D eigenvalue weighted by molar-refractivity contribution is 0.687. The van der Waals surface area contributed by atoms with Gasteiger partial charge in [-0.25, -0.2) is 4.68 Å². The number of benzene rings is 1. The number of nitrogens with two attached hydrogens (primary N) is 1. The highest BCUT2D eigenvalue weighted by molar-refractivity contribution is 5.32. The van der Waals surface area contributed by atoms with Crippen LogP contribution in [0.15, 0.2) is 41.2 Å². The fraction of sp³-hybridized carbons (Fsp3) is 0.231. The van der Waals surface area contributed by atoms with E-state index in [0.717, 1.165) is 11.4 Å². The van der Waals surface area contributed by atoms with Crippen molar-refractivity contribution in [2.75, 3.05) is 0 Å². The minimum Gasteiger partial charge on any atom is -0.323 e. The van der Waals surface area contributed by atoms with E-state index in [9.17, 15) is 4.79 Å². The second kappa shape index (κ2) is 4.51. The fourth-order valence-electron chi connectivity index (χ4n) is 1.71. The lowest BCUT2D eigenvalue weighted by atomic mass is 10.2. The molecule has 0 spiro atoms. The van der Waals surface area contributed by atoms with Gasteiger partial charge in [-0.1, -0.05) is 18.2 Å². The molecule has 0 amide bonds. The summed E-state index contributed by atoms with van der Waals surface area (Å²) in [5.41, 5.74) is 7.74.